The van der Waals surface area contributed by atoms with E-state index < -0.39 is 0 Å². The predicted molar refractivity (Wildman–Crippen MR) is 111 cm³/mol. The number of fused-ring (bicyclic) bond motifs is 2. The third-order valence-corrected chi connectivity index (χ3v) is 6.06. The van der Waals surface area contributed by atoms with Gasteiger partial charge in [-0.2, -0.15) is 0 Å². The normalized spacial score (nSPS) is 18.6. The summed E-state index contributed by atoms with van der Waals surface area (Å²) in [6, 6.07) is 12.5. The summed E-state index contributed by atoms with van der Waals surface area (Å²) in [5.41, 5.74) is 4.98. The van der Waals surface area contributed by atoms with Gasteiger partial charge in [-0.05, 0) is 60.2 Å². The molecule has 1 amide bonds. The molecule has 2 heterocycles. The molecule has 6 heteroatoms. The minimum Gasteiger partial charge on any atom is -0.454 e. The number of hydrogen-bond acceptors (Lipinski definition) is 5. The second kappa shape index (κ2) is 8.05. The Labute approximate surface area is 171 Å². The fourth-order valence-electron chi connectivity index (χ4n) is 4.46. The second-order valence-electron chi connectivity index (χ2n) is 8.13. The van der Waals surface area contributed by atoms with Crippen molar-refractivity contribution in [2.75, 3.05) is 44.8 Å². The molecular weight excluding hydrogens is 366 g/mol. The zero-order valence-electron chi connectivity index (χ0n) is 16.7. The van der Waals surface area contributed by atoms with Gasteiger partial charge in [-0.25, -0.2) is 0 Å². The molecule has 0 unspecified atom stereocenters. The van der Waals surface area contributed by atoms with Crippen LogP contribution < -0.4 is 14.8 Å². The van der Waals surface area contributed by atoms with Crippen molar-refractivity contribution in [2.24, 2.45) is 0 Å². The van der Waals surface area contributed by atoms with Crippen molar-refractivity contribution in [3.05, 3.63) is 53.1 Å². The number of nitrogens with one attached hydrogen (secondary N) is 1. The highest BCUT2D eigenvalue weighted by Gasteiger charge is 2.21. The number of amides is 1. The van der Waals surface area contributed by atoms with Gasteiger partial charge in [0.25, 0.3) is 0 Å². The Bertz CT molecular complexity index is 906. The molecular formula is C23H27N3O3. The van der Waals surface area contributed by atoms with Gasteiger partial charge >= 0.3 is 0 Å². The Balaban J connectivity index is 1.09. The van der Waals surface area contributed by atoms with Crippen LogP contribution in [0.4, 0.5) is 5.69 Å². The van der Waals surface area contributed by atoms with E-state index in [1.165, 1.54) is 29.5 Å². The van der Waals surface area contributed by atoms with Gasteiger partial charge in [-0.15, -0.1) is 0 Å². The average molecular weight is 393 g/mol. The zero-order chi connectivity index (χ0) is 19.6. The molecule has 0 spiro atoms. The first-order valence-electron chi connectivity index (χ1n) is 10.5. The summed E-state index contributed by atoms with van der Waals surface area (Å²) in [6.07, 6.45) is 3.52. The van der Waals surface area contributed by atoms with E-state index in [-0.39, 0.29) is 5.91 Å². The first-order valence-corrected chi connectivity index (χ1v) is 10.5. The molecule has 0 aromatic heterocycles. The predicted octanol–water partition coefficient (Wildman–Crippen LogP) is 2.66. The van der Waals surface area contributed by atoms with Crippen molar-refractivity contribution in [3.63, 3.8) is 0 Å². The molecule has 1 aliphatic carbocycles. The summed E-state index contributed by atoms with van der Waals surface area (Å²) in [5.74, 6) is 1.74. The Morgan fingerprint density at radius 2 is 1.69 bits per heavy atom. The summed E-state index contributed by atoms with van der Waals surface area (Å²) in [4.78, 5) is 17.1. The van der Waals surface area contributed by atoms with Gasteiger partial charge in [0.2, 0.25) is 12.7 Å². The molecule has 0 bridgehead atoms. The molecule has 152 valence electrons. The second-order valence-corrected chi connectivity index (χ2v) is 8.13. The van der Waals surface area contributed by atoms with Crippen LogP contribution in [0.25, 0.3) is 0 Å². The molecule has 2 aliphatic heterocycles. The Kier molecular flexibility index (Phi) is 5.12. The quantitative estimate of drug-likeness (QED) is 0.847. The molecule has 2 aromatic rings. The maximum absolute atomic E-state index is 12.5. The molecule has 5 rings (SSSR count). The van der Waals surface area contributed by atoms with Gasteiger partial charge in [0.15, 0.2) is 11.5 Å². The smallest absolute Gasteiger partial charge is 0.238 e. The van der Waals surface area contributed by atoms with Gasteiger partial charge in [-0.1, -0.05) is 12.1 Å². The SMILES string of the molecule is O=C(CN1CCN(Cc2ccc3c(c2)OCO3)CC1)Nc1ccc2c(c1)CCC2. The van der Waals surface area contributed by atoms with E-state index in [4.69, 9.17) is 9.47 Å². The van der Waals surface area contributed by atoms with E-state index >= 15 is 0 Å². The number of benzene rings is 2. The molecule has 1 fully saturated rings. The summed E-state index contributed by atoms with van der Waals surface area (Å²) in [7, 11) is 0. The van der Waals surface area contributed by atoms with Gasteiger partial charge in [0.05, 0.1) is 6.54 Å². The molecule has 0 saturated carbocycles. The highest BCUT2D eigenvalue weighted by molar-refractivity contribution is 5.92. The number of hydrogen-bond donors (Lipinski definition) is 1. The van der Waals surface area contributed by atoms with Crippen molar-refractivity contribution >= 4 is 11.6 Å². The minimum atomic E-state index is 0.0761. The lowest BCUT2D eigenvalue weighted by atomic mass is 10.1. The van der Waals surface area contributed by atoms with Crippen molar-refractivity contribution in [2.45, 2.75) is 25.8 Å². The summed E-state index contributed by atoms with van der Waals surface area (Å²) in [6.45, 7) is 5.39. The van der Waals surface area contributed by atoms with Crippen LogP contribution in [0.15, 0.2) is 36.4 Å². The monoisotopic (exact) mass is 393 g/mol. The Hall–Kier alpha value is -2.57. The Morgan fingerprint density at radius 3 is 2.59 bits per heavy atom. The molecule has 0 atom stereocenters. The zero-order valence-corrected chi connectivity index (χ0v) is 16.7. The van der Waals surface area contributed by atoms with Crippen LogP contribution in [-0.2, 0) is 24.2 Å². The van der Waals surface area contributed by atoms with Gasteiger partial charge < -0.3 is 14.8 Å². The number of carbonyl (C=O) groups is 1. The van der Waals surface area contributed by atoms with Crippen molar-refractivity contribution in [1.29, 1.82) is 0 Å². The third-order valence-electron chi connectivity index (χ3n) is 6.06. The largest absolute Gasteiger partial charge is 0.454 e. The van der Waals surface area contributed by atoms with E-state index in [1.54, 1.807) is 0 Å². The number of nitrogens with zero attached hydrogens (tertiary/aromatic N) is 2. The first-order chi connectivity index (χ1) is 14.2. The lowest BCUT2D eigenvalue weighted by Crippen LogP contribution is -2.48. The van der Waals surface area contributed by atoms with E-state index in [2.05, 4.69) is 39.4 Å². The number of carbonyl (C=O) groups excluding carboxylic acids is 1. The van der Waals surface area contributed by atoms with Crippen LogP contribution in [0.2, 0.25) is 0 Å². The molecule has 6 nitrogen and oxygen atoms in total. The summed E-state index contributed by atoms with van der Waals surface area (Å²) >= 11 is 0. The third kappa shape index (κ3) is 4.23. The van der Waals surface area contributed by atoms with Crippen molar-refractivity contribution in [1.82, 2.24) is 9.80 Å². The lowest BCUT2D eigenvalue weighted by molar-refractivity contribution is -0.117. The van der Waals surface area contributed by atoms with Crippen molar-refractivity contribution in [3.8, 4) is 11.5 Å². The highest BCUT2D eigenvalue weighted by Crippen LogP contribution is 2.32. The van der Waals surface area contributed by atoms with Crippen LogP contribution in [-0.4, -0.2) is 55.2 Å². The van der Waals surface area contributed by atoms with E-state index in [1.807, 2.05) is 12.1 Å². The minimum absolute atomic E-state index is 0.0761. The topological polar surface area (TPSA) is 54.0 Å². The van der Waals surface area contributed by atoms with Crippen LogP contribution in [0.3, 0.4) is 0 Å². The van der Waals surface area contributed by atoms with Crippen LogP contribution in [0.5, 0.6) is 11.5 Å². The van der Waals surface area contributed by atoms with Crippen LogP contribution >= 0.6 is 0 Å². The molecule has 29 heavy (non-hydrogen) atoms. The van der Waals surface area contributed by atoms with Gasteiger partial charge in [-0.3, -0.25) is 14.6 Å². The van der Waals surface area contributed by atoms with Crippen LogP contribution in [0.1, 0.15) is 23.1 Å². The van der Waals surface area contributed by atoms with Crippen LogP contribution in [0, 0.1) is 0 Å². The average Bonchev–Trinajstić information content (AvgIpc) is 3.37. The molecule has 1 saturated heterocycles. The van der Waals surface area contributed by atoms with E-state index in [0.717, 1.165) is 56.3 Å². The number of piperazine rings is 1. The van der Waals surface area contributed by atoms with E-state index in [9.17, 15) is 4.79 Å². The van der Waals surface area contributed by atoms with Gasteiger partial charge in [0.1, 0.15) is 0 Å². The molecule has 3 aliphatic rings. The number of ether oxygens (including phenoxy) is 2. The highest BCUT2D eigenvalue weighted by atomic mass is 16.7. The summed E-state index contributed by atoms with van der Waals surface area (Å²) in [5, 5.41) is 3.07. The van der Waals surface area contributed by atoms with E-state index in [0.29, 0.717) is 13.3 Å². The fourth-order valence-corrected chi connectivity index (χ4v) is 4.46. The lowest BCUT2D eigenvalue weighted by Gasteiger charge is -2.34. The number of rotatable bonds is 5. The summed E-state index contributed by atoms with van der Waals surface area (Å²) < 4.78 is 10.8. The van der Waals surface area contributed by atoms with Crippen molar-refractivity contribution < 1.29 is 14.3 Å². The molecule has 2 aromatic carbocycles. The standard InChI is InChI=1S/C23H27N3O3/c27-23(24-20-6-5-18-2-1-3-19(18)13-20)15-26-10-8-25(9-11-26)14-17-4-7-21-22(12-17)29-16-28-21/h4-7,12-13H,1-3,8-11,14-16H2,(H,24,27). The van der Waals surface area contributed by atoms with Gasteiger partial charge in [0, 0.05) is 38.4 Å². The first kappa shape index (κ1) is 18.5. The maximum Gasteiger partial charge on any atom is 0.238 e. The fraction of sp³-hybridized carbons (Fsp3) is 0.435. The number of anilines is 1. The maximum atomic E-state index is 12.5. The molecule has 0 radical (unpaired) electrons. The molecule has 1 N–H and O–H groups in total. The Morgan fingerprint density at radius 1 is 0.897 bits per heavy atom. The number of aryl methyl sites for hydroxylation is 2.